The molecule has 0 bridgehead atoms. The molecule has 116 valence electrons. The Morgan fingerprint density at radius 2 is 2.18 bits per heavy atom. The first-order chi connectivity index (χ1) is 10.8. The molecule has 4 nitrogen and oxygen atoms in total. The number of aryl methyl sites for hydroxylation is 1. The minimum atomic E-state index is -0.561. The molecule has 1 unspecified atom stereocenters. The van der Waals surface area contributed by atoms with Crippen LogP contribution in [0.5, 0.6) is 0 Å². The largest absolute Gasteiger partial charge is 0.396 e. The van der Waals surface area contributed by atoms with Crippen LogP contribution in [-0.4, -0.2) is 34.6 Å². The van der Waals surface area contributed by atoms with Crippen LogP contribution in [0.3, 0.4) is 0 Å². The predicted molar refractivity (Wildman–Crippen MR) is 87.1 cm³/mol. The van der Waals surface area contributed by atoms with Gasteiger partial charge in [0.25, 0.3) is 0 Å². The zero-order valence-corrected chi connectivity index (χ0v) is 12.6. The van der Waals surface area contributed by atoms with E-state index in [1.165, 1.54) is 28.1 Å². The van der Waals surface area contributed by atoms with Crippen molar-refractivity contribution in [2.24, 2.45) is 5.92 Å². The van der Waals surface area contributed by atoms with Crippen LogP contribution in [0.1, 0.15) is 35.4 Å². The monoisotopic (exact) mass is 298 g/mol. The Kier molecular flexibility index (Phi) is 3.53. The molecule has 0 fully saturated rings. The van der Waals surface area contributed by atoms with Gasteiger partial charge in [-0.25, -0.2) is 0 Å². The van der Waals surface area contributed by atoms with Gasteiger partial charge in [0.1, 0.15) is 6.23 Å². The SMILES string of the molecule is OCC1C=CC=C(c2[nH]c3c4c2CCN[C@H](O)C4=CCC3)C1. The summed E-state index contributed by atoms with van der Waals surface area (Å²) >= 11 is 0. The average molecular weight is 298 g/mol. The number of rotatable bonds is 2. The van der Waals surface area contributed by atoms with Crippen molar-refractivity contribution in [2.45, 2.75) is 31.9 Å². The molecule has 3 aliphatic rings. The summed E-state index contributed by atoms with van der Waals surface area (Å²) in [7, 11) is 0. The normalized spacial score (nSPS) is 27.0. The van der Waals surface area contributed by atoms with E-state index in [1.54, 1.807) is 0 Å². The molecule has 0 aromatic carbocycles. The first-order valence-electron chi connectivity index (χ1n) is 8.12. The van der Waals surface area contributed by atoms with Crippen molar-refractivity contribution in [3.05, 3.63) is 46.8 Å². The van der Waals surface area contributed by atoms with Gasteiger partial charge in [-0.05, 0) is 36.8 Å². The molecule has 0 saturated heterocycles. The number of H-pyrrole nitrogens is 1. The van der Waals surface area contributed by atoms with Gasteiger partial charge >= 0.3 is 0 Å². The molecular weight excluding hydrogens is 276 g/mol. The number of nitrogens with one attached hydrogen (secondary N) is 2. The third kappa shape index (κ3) is 2.19. The summed E-state index contributed by atoms with van der Waals surface area (Å²) in [6, 6.07) is 0. The maximum absolute atomic E-state index is 10.3. The Morgan fingerprint density at radius 1 is 1.27 bits per heavy atom. The second kappa shape index (κ2) is 5.54. The Labute approximate surface area is 130 Å². The zero-order chi connectivity index (χ0) is 15.1. The van der Waals surface area contributed by atoms with Gasteiger partial charge in [0.2, 0.25) is 0 Å². The lowest BCUT2D eigenvalue weighted by atomic mass is 9.88. The van der Waals surface area contributed by atoms with E-state index in [4.69, 9.17) is 0 Å². The molecule has 4 heteroatoms. The molecule has 0 spiro atoms. The van der Waals surface area contributed by atoms with E-state index in [0.29, 0.717) is 0 Å². The first kappa shape index (κ1) is 14.0. The third-order valence-corrected chi connectivity index (χ3v) is 4.95. The Hall–Kier alpha value is -1.62. The lowest BCUT2D eigenvalue weighted by Gasteiger charge is -2.18. The molecule has 1 aromatic heterocycles. The molecule has 1 aliphatic heterocycles. The number of aliphatic hydroxyl groups is 2. The molecular formula is C18H22N2O2. The fourth-order valence-corrected chi connectivity index (χ4v) is 3.88. The number of aromatic nitrogens is 1. The quantitative estimate of drug-likeness (QED) is 0.672. The Balaban J connectivity index is 1.81. The van der Waals surface area contributed by atoms with Crippen molar-refractivity contribution < 1.29 is 10.2 Å². The number of hydrogen-bond donors (Lipinski definition) is 4. The molecule has 0 saturated carbocycles. The topological polar surface area (TPSA) is 68.3 Å². The molecule has 4 N–H and O–H groups in total. The number of aromatic amines is 1. The summed E-state index contributed by atoms with van der Waals surface area (Å²) in [4.78, 5) is 3.62. The lowest BCUT2D eigenvalue weighted by molar-refractivity contribution is 0.196. The molecule has 0 amide bonds. The van der Waals surface area contributed by atoms with Crippen molar-refractivity contribution in [3.63, 3.8) is 0 Å². The second-order valence-electron chi connectivity index (χ2n) is 6.36. The standard InChI is InChI=1S/C18H22N2O2/c21-10-11-3-1-4-12(9-11)17-13-7-8-19-18(22)14-5-2-6-15(20-17)16(13)14/h1,3-5,11,18-22H,2,6-10H2/t11?,18-/m1/s1. The Bertz CT molecular complexity index is 682. The van der Waals surface area contributed by atoms with Crippen LogP contribution in [0.25, 0.3) is 11.1 Å². The highest BCUT2D eigenvalue weighted by atomic mass is 16.3. The maximum atomic E-state index is 10.3. The minimum absolute atomic E-state index is 0.190. The molecule has 2 heterocycles. The smallest absolute Gasteiger partial charge is 0.131 e. The van der Waals surface area contributed by atoms with Crippen molar-refractivity contribution in [2.75, 3.05) is 13.2 Å². The van der Waals surface area contributed by atoms with Gasteiger partial charge in [0, 0.05) is 41.6 Å². The van der Waals surface area contributed by atoms with E-state index in [-0.39, 0.29) is 12.5 Å². The van der Waals surface area contributed by atoms with Crippen LogP contribution in [0, 0.1) is 5.92 Å². The van der Waals surface area contributed by atoms with Crippen molar-refractivity contribution in [1.29, 1.82) is 0 Å². The Morgan fingerprint density at radius 3 is 3.05 bits per heavy atom. The van der Waals surface area contributed by atoms with Gasteiger partial charge in [0.15, 0.2) is 0 Å². The van der Waals surface area contributed by atoms with Crippen LogP contribution in [0.15, 0.2) is 24.3 Å². The molecule has 2 atom stereocenters. The van der Waals surface area contributed by atoms with Gasteiger partial charge < -0.3 is 15.2 Å². The van der Waals surface area contributed by atoms with Crippen LogP contribution in [-0.2, 0) is 12.8 Å². The minimum Gasteiger partial charge on any atom is -0.396 e. The lowest BCUT2D eigenvalue weighted by Crippen LogP contribution is -2.30. The van der Waals surface area contributed by atoms with E-state index in [1.807, 2.05) is 6.08 Å². The molecule has 1 aromatic rings. The summed E-state index contributed by atoms with van der Waals surface area (Å²) < 4.78 is 0. The predicted octanol–water partition coefficient (Wildman–Crippen LogP) is 1.76. The summed E-state index contributed by atoms with van der Waals surface area (Å²) in [5, 5.41) is 22.9. The first-order valence-corrected chi connectivity index (χ1v) is 8.12. The summed E-state index contributed by atoms with van der Waals surface area (Å²) in [5.74, 6) is 0.206. The fourth-order valence-electron chi connectivity index (χ4n) is 3.88. The number of allylic oxidation sites excluding steroid dienone is 4. The van der Waals surface area contributed by atoms with Crippen LogP contribution in [0.2, 0.25) is 0 Å². The summed E-state index contributed by atoms with van der Waals surface area (Å²) in [6.45, 7) is 0.970. The van der Waals surface area contributed by atoms with E-state index in [0.717, 1.165) is 37.8 Å². The van der Waals surface area contributed by atoms with E-state index in [9.17, 15) is 10.2 Å². The molecule has 2 aliphatic carbocycles. The molecule has 0 radical (unpaired) electrons. The van der Waals surface area contributed by atoms with E-state index in [2.05, 4.69) is 28.5 Å². The van der Waals surface area contributed by atoms with Crippen LogP contribution >= 0.6 is 0 Å². The summed E-state index contributed by atoms with van der Waals surface area (Å²) in [6.07, 6.45) is 11.6. The second-order valence-corrected chi connectivity index (χ2v) is 6.36. The van der Waals surface area contributed by atoms with Crippen molar-refractivity contribution in [3.8, 4) is 0 Å². The summed E-state index contributed by atoms with van der Waals surface area (Å²) in [5.41, 5.74) is 7.30. The highest BCUT2D eigenvalue weighted by Gasteiger charge is 2.29. The van der Waals surface area contributed by atoms with Crippen molar-refractivity contribution in [1.82, 2.24) is 10.3 Å². The number of hydrogen-bond acceptors (Lipinski definition) is 3. The van der Waals surface area contributed by atoms with Gasteiger partial charge in [0.05, 0.1) is 0 Å². The van der Waals surface area contributed by atoms with Gasteiger partial charge in [-0.15, -0.1) is 0 Å². The molecule has 22 heavy (non-hydrogen) atoms. The van der Waals surface area contributed by atoms with Crippen LogP contribution in [0.4, 0.5) is 0 Å². The zero-order valence-electron chi connectivity index (χ0n) is 12.6. The highest BCUT2D eigenvalue weighted by molar-refractivity contribution is 5.81. The van der Waals surface area contributed by atoms with Gasteiger partial charge in [-0.1, -0.05) is 24.3 Å². The highest BCUT2D eigenvalue weighted by Crippen LogP contribution is 2.39. The van der Waals surface area contributed by atoms with E-state index >= 15 is 0 Å². The van der Waals surface area contributed by atoms with Crippen molar-refractivity contribution >= 4 is 11.1 Å². The average Bonchev–Trinajstić information content (AvgIpc) is 2.84. The van der Waals surface area contributed by atoms with E-state index < -0.39 is 6.23 Å². The van der Waals surface area contributed by atoms with Gasteiger partial charge in [-0.2, -0.15) is 0 Å². The van der Waals surface area contributed by atoms with Gasteiger partial charge in [-0.3, -0.25) is 5.32 Å². The van der Waals surface area contributed by atoms with Crippen LogP contribution < -0.4 is 5.32 Å². The fraction of sp³-hybridized carbons (Fsp3) is 0.444. The number of aliphatic hydroxyl groups excluding tert-OH is 2. The maximum Gasteiger partial charge on any atom is 0.131 e. The molecule has 4 rings (SSSR count). The third-order valence-electron chi connectivity index (χ3n) is 4.95.